The zero-order chi connectivity index (χ0) is 22.0. The van der Waals surface area contributed by atoms with E-state index in [1.807, 2.05) is 28.8 Å². The zero-order valence-electron chi connectivity index (χ0n) is 17.9. The normalized spacial score (nSPS) is 22.2. The van der Waals surface area contributed by atoms with Gasteiger partial charge in [-0.2, -0.15) is 0 Å². The minimum Gasteiger partial charge on any atom is -0.379 e. The molecule has 0 aliphatic carbocycles. The number of ether oxygens (including phenoxy) is 1. The molecule has 166 valence electrons. The Balaban J connectivity index is 1.51. The number of aliphatic imine (C=N–C) groups is 1. The molecular weight excluding hydrogens is 420 g/mol. The zero-order valence-corrected chi connectivity index (χ0v) is 18.6. The summed E-state index contributed by atoms with van der Waals surface area (Å²) in [6.07, 6.45) is 0.941. The van der Waals surface area contributed by atoms with E-state index in [-0.39, 0.29) is 11.9 Å². The van der Waals surface area contributed by atoms with Gasteiger partial charge in [0.1, 0.15) is 0 Å². The molecule has 3 heterocycles. The van der Waals surface area contributed by atoms with Crippen LogP contribution in [-0.2, 0) is 16.1 Å². The van der Waals surface area contributed by atoms with Gasteiger partial charge in [-0.25, -0.2) is 9.37 Å². The molecule has 0 spiro atoms. The molecule has 0 saturated carbocycles. The maximum Gasteiger partial charge on any atom is 0.390 e. The molecule has 0 bridgehead atoms. The number of morpholine rings is 1. The SMILES string of the molecule is CN1C(=O)C2C(=NC(NCCCN3CCOCC3)=[N+]2Cc2ccc(Cl)cc2)N(C)C1=O. The van der Waals surface area contributed by atoms with Gasteiger partial charge in [-0.3, -0.25) is 24.8 Å². The van der Waals surface area contributed by atoms with Crippen molar-refractivity contribution in [3.63, 3.8) is 0 Å². The van der Waals surface area contributed by atoms with E-state index in [2.05, 4.69) is 15.2 Å². The molecule has 4 rings (SSSR count). The van der Waals surface area contributed by atoms with Crippen molar-refractivity contribution in [1.82, 2.24) is 20.0 Å². The van der Waals surface area contributed by atoms with Crippen LogP contribution in [0.25, 0.3) is 0 Å². The molecule has 0 radical (unpaired) electrons. The fourth-order valence-corrected chi connectivity index (χ4v) is 4.15. The second kappa shape index (κ2) is 9.33. The van der Waals surface area contributed by atoms with E-state index in [0.29, 0.717) is 23.4 Å². The molecule has 3 aliphatic heterocycles. The molecule has 31 heavy (non-hydrogen) atoms. The predicted molar refractivity (Wildman–Crippen MR) is 117 cm³/mol. The Morgan fingerprint density at radius 2 is 1.87 bits per heavy atom. The highest BCUT2D eigenvalue weighted by Crippen LogP contribution is 2.20. The molecule has 0 aromatic heterocycles. The van der Waals surface area contributed by atoms with Crippen LogP contribution < -0.4 is 5.32 Å². The van der Waals surface area contributed by atoms with E-state index in [0.717, 1.165) is 56.3 Å². The number of hydrogen-bond acceptors (Lipinski definition) is 6. The number of urea groups is 1. The number of nitrogens with zero attached hydrogens (tertiary/aromatic N) is 5. The van der Waals surface area contributed by atoms with Crippen LogP contribution >= 0.6 is 11.6 Å². The molecule has 2 saturated heterocycles. The van der Waals surface area contributed by atoms with Gasteiger partial charge in [0.05, 0.1) is 26.3 Å². The number of benzene rings is 1. The average molecular weight is 448 g/mol. The second-order valence-electron chi connectivity index (χ2n) is 7.92. The summed E-state index contributed by atoms with van der Waals surface area (Å²) in [6.45, 7) is 5.64. The molecule has 9 nitrogen and oxygen atoms in total. The number of rotatable bonds is 6. The first-order chi connectivity index (χ1) is 15.0. The van der Waals surface area contributed by atoms with Gasteiger partial charge in [0.15, 0.2) is 0 Å². The fraction of sp³-hybridized carbons (Fsp3) is 0.524. The first kappa shape index (κ1) is 21.7. The molecule has 2 fully saturated rings. The maximum atomic E-state index is 13.0. The van der Waals surface area contributed by atoms with Gasteiger partial charge in [0, 0.05) is 38.8 Å². The molecule has 3 aliphatic rings. The number of halogens is 1. The van der Waals surface area contributed by atoms with Crippen molar-refractivity contribution in [1.29, 1.82) is 0 Å². The lowest BCUT2D eigenvalue weighted by Gasteiger charge is -2.31. The van der Waals surface area contributed by atoms with E-state index in [9.17, 15) is 9.59 Å². The Labute approximate surface area is 186 Å². The number of likely N-dealkylation sites (N-methyl/N-ethyl adjacent to an activating group) is 2. The van der Waals surface area contributed by atoms with E-state index >= 15 is 0 Å². The molecule has 3 amide bonds. The van der Waals surface area contributed by atoms with E-state index < -0.39 is 6.04 Å². The summed E-state index contributed by atoms with van der Waals surface area (Å²) in [5.41, 5.74) is 1.00. The van der Waals surface area contributed by atoms with Crippen molar-refractivity contribution in [2.24, 2.45) is 4.99 Å². The van der Waals surface area contributed by atoms with Crippen LogP contribution in [0.5, 0.6) is 0 Å². The lowest BCUT2D eigenvalue weighted by molar-refractivity contribution is -0.553. The van der Waals surface area contributed by atoms with Crippen molar-refractivity contribution in [3.05, 3.63) is 34.9 Å². The molecule has 1 aromatic carbocycles. The summed E-state index contributed by atoms with van der Waals surface area (Å²) in [4.78, 5) is 35.0. The van der Waals surface area contributed by atoms with Crippen LogP contribution in [0.15, 0.2) is 29.3 Å². The summed E-state index contributed by atoms with van der Waals surface area (Å²) in [6, 6.07) is 6.51. The van der Waals surface area contributed by atoms with Crippen molar-refractivity contribution in [3.8, 4) is 0 Å². The fourth-order valence-electron chi connectivity index (χ4n) is 4.02. The first-order valence-corrected chi connectivity index (χ1v) is 10.9. The number of guanidine groups is 1. The Bertz CT molecular complexity index is 910. The molecule has 1 aromatic rings. The topological polar surface area (TPSA) is 80.5 Å². The van der Waals surface area contributed by atoms with E-state index in [4.69, 9.17) is 16.3 Å². The Morgan fingerprint density at radius 3 is 2.58 bits per heavy atom. The Morgan fingerprint density at radius 1 is 1.16 bits per heavy atom. The second-order valence-corrected chi connectivity index (χ2v) is 8.36. The monoisotopic (exact) mass is 447 g/mol. The largest absolute Gasteiger partial charge is 0.390 e. The third-order valence-electron chi connectivity index (χ3n) is 5.83. The minimum atomic E-state index is -0.634. The van der Waals surface area contributed by atoms with Crippen LogP contribution in [0, 0.1) is 0 Å². The predicted octanol–water partition coefficient (Wildman–Crippen LogP) is 0.825. The van der Waals surface area contributed by atoms with Crippen LogP contribution in [0.3, 0.4) is 0 Å². The first-order valence-electron chi connectivity index (χ1n) is 10.5. The van der Waals surface area contributed by atoms with Crippen LogP contribution in [0.4, 0.5) is 4.79 Å². The number of fused-ring (bicyclic) bond motifs is 1. The van der Waals surface area contributed by atoms with Crippen LogP contribution in [0.2, 0.25) is 5.02 Å². The molecule has 1 atom stereocenters. The Kier molecular flexibility index (Phi) is 6.54. The quantitative estimate of drug-likeness (QED) is 0.516. The van der Waals surface area contributed by atoms with Gasteiger partial charge < -0.3 is 4.74 Å². The molecule has 1 N–H and O–H groups in total. The van der Waals surface area contributed by atoms with Crippen molar-refractivity contribution in [2.45, 2.75) is 19.0 Å². The van der Waals surface area contributed by atoms with E-state index in [1.54, 1.807) is 7.05 Å². The van der Waals surface area contributed by atoms with Crippen molar-refractivity contribution >= 4 is 35.3 Å². The maximum absolute atomic E-state index is 13.0. The number of hydrogen-bond donors (Lipinski definition) is 1. The number of imide groups is 1. The summed E-state index contributed by atoms with van der Waals surface area (Å²) in [5.74, 6) is 0.791. The van der Waals surface area contributed by atoms with Gasteiger partial charge in [-0.1, -0.05) is 28.7 Å². The van der Waals surface area contributed by atoms with Gasteiger partial charge in [0.25, 0.3) is 5.91 Å². The number of amides is 3. The van der Waals surface area contributed by atoms with Crippen molar-refractivity contribution < 1.29 is 18.9 Å². The number of amidine groups is 1. The van der Waals surface area contributed by atoms with Gasteiger partial charge >= 0.3 is 12.0 Å². The van der Waals surface area contributed by atoms with Crippen LogP contribution in [0.1, 0.15) is 12.0 Å². The smallest absolute Gasteiger partial charge is 0.379 e. The summed E-state index contributed by atoms with van der Waals surface area (Å²) >= 11 is 6.02. The van der Waals surface area contributed by atoms with Gasteiger partial charge in [0.2, 0.25) is 11.9 Å². The van der Waals surface area contributed by atoms with Crippen molar-refractivity contribution in [2.75, 3.05) is 53.5 Å². The average Bonchev–Trinajstić information content (AvgIpc) is 3.14. The number of nitrogens with one attached hydrogen (secondary N) is 1. The Hall–Kier alpha value is -2.49. The van der Waals surface area contributed by atoms with Gasteiger partial charge in [-0.15, -0.1) is 0 Å². The number of carbonyl (C=O) groups is 2. The lowest BCUT2D eigenvalue weighted by atomic mass is 10.1. The van der Waals surface area contributed by atoms with Gasteiger partial charge in [-0.05, 0) is 24.1 Å². The molecule has 10 heteroatoms. The number of carbonyl (C=O) groups excluding carboxylic acids is 2. The minimum absolute atomic E-state index is 0.277. The highest BCUT2D eigenvalue weighted by Gasteiger charge is 2.51. The van der Waals surface area contributed by atoms with E-state index in [1.165, 1.54) is 11.9 Å². The highest BCUT2D eigenvalue weighted by atomic mass is 35.5. The highest BCUT2D eigenvalue weighted by molar-refractivity contribution is 6.30. The molecule has 1 unspecified atom stereocenters. The van der Waals surface area contributed by atoms with Crippen LogP contribution in [-0.4, -0.2) is 103 Å². The third-order valence-corrected chi connectivity index (χ3v) is 6.09. The summed E-state index contributed by atoms with van der Waals surface area (Å²) in [7, 11) is 3.16. The standard InChI is InChI=1S/C21H27ClN6O3/c1-25-18-17(19(29)26(2)21(25)30)28(14-15-4-6-16(22)7-5-15)20(24-18)23-8-3-9-27-10-12-31-13-11-27/h4-7,17H,3,8-14H2,1-2H3/p+1. The third kappa shape index (κ3) is 4.58. The summed E-state index contributed by atoms with van der Waals surface area (Å²) < 4.78 is 7.32. The summed E-state index contributed by atoms with van der Waals surface area (Å²) in [5, 5.41) is 4.05. The molecular formula is C21H28ClN6O3+. The lowest BCUT2D eigenvalue weighted by Crippen LogP contribution is -2.61.